The summed E-state index contributed by atoms with van der Waals surface area (Å²) in [6.07, 6.45) is 0. The number of amides is 1. The van der Waals surface area contributed by atoms with Crippen LogP contribution in [-0.2, 0) is 18.5 Å². The Balaban J connectivity index is 2.57. The maximum atomic E-state index is 11.8. The van der Waals surface area contributed by atoms with Gasteiger partial charge in [0.05, 0.1) is 25.5 Å². The van der Waals surface area contributed by atoms with Crippen LogP contribution in [0.25, 0.3) is 0 Å². The van der Waals surface area contributed by atoms with E-state index in [4.69, 9.17) is 20.2 Å². The monoisotopic (exact) mass is 325 g/mol. The number of methoxy groups -OCH3 is 1. The number of aryl methyl sites for hydroxylation is 1. The van der Waals surface area contributed by atoms with Crippen LogP contribution in [0.4, 0.5) is 0 Å². The molecule has 20 heavy (non-hydrogen) atoms. The zero-order valence-electron chi connectivity index (χ0n) is 11.1. The molecule has 0 aliphatic rings. The number of hydrogen-bond acceptors (Lipinski definition) is 6. The van der Waals surface area contributed by atoms with E-state index in [1.807, 2.05) is 0 Å². The zero-order chi connectivity index (χ0) is 15.2. The maximum Gasteiger partial charge on any atom is 0.273 e. The molecule has 0 aromatic carbocycles. The third-order valence-corrected chi connectivity index (χ3v) is 3.76. The summed E-state index contributed by atoms with van der Waals surface area (Å²) in [7, 11) is 2.78. The molecule has 0 fully saturated rings. The lowest BCUT2D eigenvalue weighted by atomic mass is 10.3. The van der Waals surface area contributed by atoms with E-state index >= 15 is 0 Å². The molecule has 114 valence electrons. The Morgan fingerprint density at radius 1 is 1.40 bits per heavy atom. The number of carbonyl (C=O) groups is 1. The van der Waals surface area contributed by atoms with Crippen molar-refractivity contribution >= 4 is 25.6 Å². The van der Waals surface area contributed by atoms with E-state index < -0.39 is 15.0 Å². The number of H-pyrrole nitrogens is 1. The summed E-state index contributed by atoms with van der Waals surface area (Å²) in [6, 6.07) is 0. The number of ether oxygens (including phenoxy) is 2. The number of nitrogens with one attached hydrogen (secondary N) is 2. The Kier molecular flexibility index (Phi) is 6.40. The van der Waals surface area contributed by atoms with Crippen LogP contribution in [0, 0.1) is 6.92 Å². The van der Waals surface area contributed by atoms with Gasteiger partial charge in [0.15, 0.2) is 5.69 Å². The summed E-state index contributed by atoms with van der Waals surface area (Å²) >= 11 is 0. The highest BCUT2D eigenvalue weighted by atomic mass is 35.7. The van der Waals surface area contributed by atoms with E-state index in [0.29, 0.717) is 13.2 Å². The Hall–Kier alpha value is -1.16. The summed E-state index contributed by atoms with van der Waals surface area (Å²) in [6.45, 7) is 2.83. The number of aromatic nitrogens is 2. The highest BCUT2D eigenvalue weighted by Crippen LogP contribution is 2.21. The predicted molar refractivity (Wildman–Crippen MR) is 71.4 cm³/mol. The molecule has 0 saturated heterocycles. The predicted octanol–water partition coefficient (Wildman–Crippen LogP) is 0.0384. The van der Waals surface area contributed by atoms with Crippen molar-refractivity contribution in [2.45, 2.75) is 11.8 Å². The molecule has 0 aliphatic carbocycles. The first-order valence-electron chi connectivity index (χ1n) is 5.72. The maximum absolute atomic E-state index is 11.8. The number of hydrogen-bond donors (Lipinski definition) is 2. The molecule has 10 heteroatoms. The van der Waals surface area contributed by atoms with Crippen LogP contribution in [0.1, 0.15) is 16.2 Å². The fraction of sp³-hybridized carbons (Fsp3) is 0.600. The molecule has 0 spiro atoms. The van der Waals surface area contributed by atoms with Gasteiger partial charge in [-0.1, -0.05) is 0 Å². The zero-order valence-corrected chi connectivity index (χ0v) is 12.7. The van der Waals surface area contributed by atoms with Gasteiger partial charge < -0.3 is 14.8 Å². The lowest BCUT2D eigenvalue weighted by Gasteiger charge is -2.05. The van der Waals surface area contributed by atoms with Gasteiger partial charge in [-0.3, -0.25) is 9.89 Å². The Bertz CT molecular complexity index is 557. The third-order valence-electron chi connectivity index (χ3n) is 2.31. The van der Waals surface area contributed by atoms with E-state index in [0.717, 1.165) is 0 Å². The van der Waals surface area contributed by atoms with Gasteiger partial charge in [-0.15, -0.1) is 0 Å². The van der Waals surface area contributed by atoms with Crippen LogP contribution in [-0.4, -0.2) is 58.0 Å². The van der Waals surface area contributed by atoms with E-state index in [1.165, 1.54) is 6.92 Å². The van der Waals surface area contributed by atoms with E-state index in [9.17, 15) is 13.2 Å². The molecule has 1 heterocycles. The number of halogens is 1. The van der Waals surface area contributed by atoms with Gasteiger partial charge in [-0.2, -0.15) is 5.10 Å². The second kappa shape index (κ2) is 7.58. The van der Waals surface area contributed by atoms with Crippen LogP contribution in [0.2, 0.25) is 0 Å². The first-order valence-corrected chi connectivity index (χ1v) is 8.03. The lowest BCUT2D eigenvalue weighted by Crippen LogP contribution is -2.28. The van der Waals surface area contributed by atoms with Crippen molar-refractivity contribution in [3.8, 4) is 0 Å². The van der Waals surface area contributed by atoms with Crippen molar-refractivity contribution in [1.29, 1.82) is 0 Å². The lowest BCUT2D eigenvalue weighted by molar-refractivity contribution is 0.0691. The SMILES string of the molecule is COCCOCCNC(=O)c1n[nH]c(C)c1S(=O)(=O)Cl. The van der Waals surface area contributed by atoms with Gasteiger partial charge in [0, 0.05) is 24.3 Å². The van der Waals surface area contributed by atoms with Gasteiger partial charge >= 0.3 is 0 Å². The van der Waals surface area contributed by atoms with Gasteiger partial charge in [-0.25, -0.2) is 8.42 Å². The average molecular weight is 326 g/mol. The second-order valence-corrected chi connectivity index (χ2v) is 6.33. The minimum atomic E-state index is -4.04. The van der Waals surface area contributed by atoms with Gasteiger partial charge in [0.25, 0.3) is 15.0 Å². The first-order chi connectivity index (χ1) is 9.38. The summed E-state index contributed by atoms with van der Waals surface area (Å²) in [5.74, 6) is -0.635. The van der Waals surface area contributed by atoms with Gasteiger partial charge in [0.1, 0.15) is 4.90 Å². The smallest absolute Gasteiger partial charge is 0.273 e. The van der Waals surface area contributed by atoms with E-state index in [1.54, 1.807) is 7.11 Å². The average Bonchev–Trinajstić information content (AvgIpc) is 2.75. The van der Waals surface area contributed by atoms with E-state index in [2.05, 4.69) is 15.5 Å². The normalized spacial score (nSPS) is 11.6. The highest BCUT2D eigenvalue weighted by molar-refractivity contribution is 8.13. The van der Waals surface area contributed by atoms with Crippen molar-refractivity contribution in [3.05, 3.63) is 11.4 Å². The topological polar surface area (TPSA) is 110 Å². The van der Waals surface area contributed by atoms with Crippen LogP contribution < -0.4 is 5.32 Å². The van der Waals surface area contributed by atoms with Crippen LogP contribution in [0.15, 0.2) is 4.90 Å². The quantitative estimate of drug-likeness (QED) is 0.515. The minimum absolute atomic E-state index is 0.210. The summed E-state index contributed by atoms with van der Waals surface area (Å²) in [5.41, 5.74) is -0.0455. The molecule has 1 aromatic heterocycles. The number of carbonyl (C=O) groups excluding carboxylic acids is 1. The molecule has 1 aromatic rings. The molecule has 1 rings (SSSR count). The largest absolute Gasteiger partial charge is 0.382 e. The highest BCUT2D eigenvalue weighted by Gasteiger charge is 2.26. The molecule has 2 N–H and O–H groups in total. The molecule has 0 radical (unpaired) electrons. The number of rotatable bonds is 8. The summed E-state index contributed by atoms with van der Waals surface area (Å²) < 4.78 is 32.7. The molecule has 0 saturated carbocycles. The first kappa shape index (κ1) is 16.9. The Labute approximate surface area is 121 Å². The molecule has 1 amide bonds. The molecular weight excluding hydrogens is 310 g/mol. The summed E-state index contributed by atoms with van der Waals surface area (Å²) in [4.78, 5) is 11.5. The second-order valence-electron chi connectivity index (χ2n) is 3.83. The molecule has 0 aliphatic heterocycles. The fourth-order valence-electron chi connectivity index (χ4n) is 1.44. The number of aromatic amines is 1. The van der Waals surface area contributed by atoms with Crippen LogP contribution in [0.5, 0.6) is 0 Å². The molecular formula is C10H16ClN3O5S. The van der Waals surface area contributed by atoms with Crippen LogP contribution >= 0.6 is 10.7 Å². The van der Waals surface area contributed by atoms with E-state index in [-0.39, 0.29) is 29.4 Å². The molecule has 8 nitrogen and oxygen atoms in total. The van der Waals surface area contributed by atoms with Gasteiger partial charge in [-0.05, 0) is 6.92 Å². The fourth-order valence-corrected chi connectivity index (χ4v) is 2.78. The molecule has 0 bridgehead atoms. The molecule has 0 atom stereocenters. The Morgan fingerprint density at radius 2 is 2.10 bits per heavy atom. The van der Waals surface area contributed by atoms with Crippen molar-refractivity contribution < 1.29 is 22.7 Å². The summed E-state index contributed by atoms with van der Waals surface area (Å²) in [5, 5.41) is 8.56. The number of nitrogens with zero attached hydrogens (tertiary/aromatic N) is 1. The standard InChI is InChI=1S/C10H16ClN3O5S/c1-7-9(20(11,16)17)8(14-13-7)10(15)12-3-4-19-6-5-18-2/h3-6H2,1-2H3,(H,12,15)(H,13,14). The Morgan fingerprint density at radius 3 is 2.70 bits per heavy atom. The van der Waals surface area contributed by atoms with Crippen LogP contribution in [0.3, 0.4) is 0 Å². The third kappa shape index (κ3) is 4.75. The van der Waals surface area contributed by atoms with Crippen molar-refractivity contribution in [2.24, 2.45) is 0 Å². The minimum Gasteiger partial charge on any atom is -0.382 e. The molecule has 0 unspecified atom stereocenters. The van der Waals surface area contributed by atoms with Crippen molar-refractivity contribution in [1.82, 2.24) is 15.5 Å². The van der Waals surface area contributed by atoms with Crippen molar-refractivity contribution in [3.63, 3.8) is 0 Å². The van der Waals surface area contributed by atoms with Crippen molar-refractivity contribution in [2.75, 3.05) is 33.5 Å². The van der Waals surface area contributed by atoms with Gasteiger partial charge in [0.2, 0.25) is 0 Å².